The smallest absolute Gasteiger partial charge is 0.162 e. The molecule has 3 rings (SSSR count). The van der Waals surface area contributed by atoms with Crippen LogP contribution in [0.25, 0.3) is 0 Å². The van der Waals surface area contributed by atoms with E-state index in [1.807, 2.05) is 0 Å². The lowest BCUT2D eigenvalue weighted by Gasteiger charge is -2.37. The molecule has 22 heavy (non-hydrogen) atoms. The Kier molecular flexibility index (Phi) is 4.95. The van der Waals surface area contributed by atoms with Crippen LogP contribution >= 0.6 is 0 Å². The van der Waals surface area contributed by atoms with Crippen LogP contribution in [-0.2, 0) is 0 Å². The van der Waals surface area contributed by atoms with E-state index in [9.17, 15) is 8.78 Å². The van der Waals surface area contributed by atoms with E-state index in [2.05, 4.69) is 12.7 Å². The highest BCUT2D eigenvalue weighted by Gasteiger charge is 2.31. The van der Waals surface area contributed by atoms with Crippen molar-refractivity contribution in [2.45, 2.75) is 57.3 Å². The molecule has 0 bridgehead atoms. The number of hydrogen-bond donors (Lipinski definition) is 0. The van der Waals surface area contributed by atoms with Crippen LogP contribution < -0.4 is 0 Å². The molecule has 0 heterocycles. The van der Waals surface area contributed by atoms with Gasteiger partial charge in [-0.05, 0) is 86.7 Å². The van der Waals surface area contributed by atoms with Gasteiger partial charge >= 0.3 is 0 Å². The van der Waals surface area contributed by atoms with Gasteiger partial charge in [-0.3, -0.25) is 0 Å². The summed E-state index contributed by atoms with van der Waals surface area (Å²) in [6.07, 6.45) is 11.7. The van der Waals surface area contributed by atoms with E-state index in [1.165, 1.54) is 44.6 Å². The van der Waals surface area contributed by atoms with Crippen LogP contribution in [0.1, 0.15) is 62.8 Å². The Morgan fingerprint density at radius 3 is 2.05 bits per heavy atom. The average Bonchev–Trinajstić information content (AvgIpc) is 2.58. The zero-order valence-electron chi connectivity index (χ0n) is 13.2. The van der Waals surface area contributed by atoms with Gasteiger partial charge in [0.05, 0.1) is 0 Å². The third kappa shape index (κ3) is 3.26. The fourth-order valence-corrected chi connectivity index (χ4v) is 4.59. The molecule has 0 aliphatic heterocycles. The maximum atomic E-state index is 13.9. The molecule has 0 nitrogen and oxygen atoms in total. The number of rotatable bonds is 3. The Bertz CT molecular complexity index is 506. The molecule has 0 unspecified atom stereocenters. The summed E-state index contributed by atoms with van der Waals surface area (Å²) in [5, 5.41) is 0. The van der Waals surface area contributed by atoms with E-state index in [-0.39, 0.29) is 5.92 Å². The monoisotopic (exact) mass is 304 g/mol. The third-order valence-corrected chi connectivity index (χ3v) is 6.01. The van der Waals surface area contributed by atoms with Crippen molar-refractivity contribution >= 4 is 0 Å². The van der Waals surface area contributed by atoms with Gasteiger partial charge in [0.1, 0.15) is 0 Å². The van der Waals surface area contributed by atoms with Crippen molar-refractivity contribution < 1.29 is 8.78 Å². The number of benzene rings is 1. The first-order valence-corrected chi connectivity index (χ1v) is 8.75. The van der Waals surface area contributed by atoms with Gasteiger partial charge in [0.2, 0.25) is 0 Å². The Labute approximate surface area is 132 Å². The van der Waals surface area contributed by atoms with Gasteiger partial charge in [0.15, 0.2) is 11.6 Å². The van der Waals surface area contributed by atoms with Crippen LogP contribution in [0, 0.1) is 29.4 Å². The molecule has 0 amide bonds. The van der Waals surface area contributed by atoms with Crippen LogP contribution in [0.2, 0.25) is 0 Å². The average molecular weight is 304 g/mol. The molecule has 2 saturated carbocycles. The van der Waals surface area contributed by atoms with E-state index in [4.69, 9.17) is 0 Å². The minimum Gasteiger partial charge on any atom is -0.204 e. The molecule has 0 aromatic heterocycles. The summed E-state index contributed by atoms with van der Waals surface area (Å²) in [5.41, 5.74) is 0.591. The summed E-state index contributed by atoms with van der Waals surface area (Å²) in [7, 11) is 0. The lowest BCUT2D eigenvalue weighted by atomic mass is 9.68. The van der Waals surface area contributed by atoms with Gasteiger partial charge in [0.25, 0.3) is 0 Å². The number of allylic oxidation sites excluding steroid dienone is 1. The van der Waals surface area contributed by atoms with E-state index < -0.39 is 11.6 Å². The topological polar surface area (TPSA) is 0 Å². The first kappa shape index (κ1) is 15.7. The van der Waals surface area contributed by atoms with Crippen LogP contribution in [0.3, 0.4) is 0 Å². The van der Waals surface area contributed by atoms with Crippen LogP contribution in [0.5, 0.6) is 0 Å². The highest BCUT2D eigenvalue weighted by Crippen LogP contribution is 2.44. The quantitative estimate of drug-likeness (QED) is 0.580. The highest BCUT2D eigenvalue weighted by atomic mass is 19.2. The molecule has 0 radical (unpaired) electrons. The highest BCUT2D eigenvalue weighted by molar-refractivity contribution is 5.23. The van der Waals surface area contributed by atoms with Gasteiger partial charge < -0.3 is 0 Å². The van der Waals surface area contributed by atoms with Gasteiger partial charge in [-0.1, -0.05) is 18.2 Å². The fourth-order valence-electron chi connectivity index (χ4n) is 4.59. The van der Waals surface area contributed by atoms with Gasteiger partial charge in [-0.15, -0.1) is 6.58 Å². The molecule has 120 valence electrons. The summed E-state index contributed by atoms with van der Waals surface area (Å²) in [6.45, 7) is 3.91. The zero-order chi connectivity index (χ0) is 15.5. The molecule has 1 aromatic carbocycles. The molecule has 0 spiro atoms. The second kappa shape index (κ2) is 6.93. The van der Waals surface area contributed by atoms with Crippen molar-refractivity contribution in [2.24, 2.45) is 17.8 Å². The van der Waals surface area contributed by atoms with Gasteiger partial charge in [0, 0.05) is 0 Å². The van der Waals surface area contributed by atoms with Crippen LogP contribution in [-0.4, -0.2) is 0 Å². The predicted molar refractivity (Wildman–Crippen MR) is 86.7 cm³/mol. The van der Waals surface area contributed by atoms with E-state index in [0.29, 0.717) is 11.5 Å². The van der Waals surface area contributed by atoms with Crippen molar-refractivity contribution in [2.75, 3.05) is 0 Å². The predicted octanol–water partition coefficient (Wildman–Crippen LogP) is 6.23. The molecule has 0 atom stereocenters. The Balaban J connectivity index is 1.56. The summed E-state index contributed by atoms with van der Waals surface area (Å²) < 4.78 is 27.3. The molecule has 2 heteroatoms. The van der Waals surface area contributed by atoms with Crippen LogP contribution in [0.15, 0.2) is 30.9 Å². The minimum atomic E-state index is -0.706. The molecule has 2 fully saturated rings. The second-order valence-corrected chi connectivity index (χ2v) is 7.17. The van der Waals surface area contributed by atoms with Crippen LogP contribution in [0.4, 0.5) is 8.78 Å². The van der Waals surface area contributed by atoms with Gasteiger partial charge in [-0.2, -0.15) is 0 Å². The lowest BCUT2D eigenvalue weighted by Crippen LogP contribution is -2.25. The number of halogens is 2. The SMILES string of the molecule is C=CC1CCC(C2CCC(c3cccc(F)c3F)CC2)CC1. The fraction of sp³-hybridized carbons (Fsp3) is 0.600. The van der Waals surface area contributed by atoms with E-state index in [0.717, 1.165) is 24.7 Å². The van der Waals surface area contributed by atoms with E-state index in [1.54, 1.807) is 12.1 Å². The summed E-state index contributed by atoms with van der Waals surface area (Å²) in [4.78, 5) is 0. The largest absolute Gasteiger partial charge is 0.204 e. The van der Waals surface area contributed by atoms with Gasteiger partial charge in [-0.25, -0.2) is 8.78 Å². The summed E-state index contributed by atoms with van der Waals surface area (Å²) in [5.74, 6) is 1.22. The molecule has 0 saturated heterocycles. The minimum absolute atomic E-state index is 0.205. The Hall–Kier alpha value is -1.18. The second-order valence-electron chi connectivity index (χ2n) is 7.17. The van der Waals surface area contributed by atoms with E-state index >= 15 is 0 Å². The maximum Gasteiger partial charge on any atom is 0.162 e. The molecule has 2 aliphatic rings. The summed E-state index contributed by atoms with van der Waals surface area (Å²) in [6, 6.07) is 4.61. The lowest BCUT2D eigenvalue weighted by molar-refractivity contribution is 0.170. The number of hydrogen-bond acceptors (Lipinski definition) is 0. The van der Waals surface area contributed by atoms with Crippen molar-refractivity contribution in [3.8, 4) is 0 Å². The molecule has 1 aromatic rings. The Morgan fingerprint density at radius 1 is 0.864 bits per heavy atom. The van der Waals surface area contributed by atoms with Crippen molar-refractivity contribution in [1.82, 2.24) is 0 Å². The van der Waals surface area contributed by atoms with Crippen molar-refractivity contribution in [3.05, 3.63) is 48.1 Å². The third-order valence-electron chi connectivity index (χ3n) is 6.01. The van der Waals surface area contributed by atoms with Crippen molar-refractivity contribution in [3.63, 3.8) is 0 Å². The normalized spacial score (nSPS) is 32.6. The Morgan fingerprint density at radius 2 is 1.45 bits per heavy atom. The van der Waals surface area contributed by atoms with Crippen molar-refractivity contribution in [1.29, 1.82) is 0 Å². The molecular formula is C20H26F2. The molecule has 2 aliphatic carbocycles. The standard InChI is InChI=1S/C20H26F2/c1-2-14-6-8-15(9-7-14)16-10-12-17(13-11-16)18-4-3-5-19(21)20(18)22/h2-5,14-17H,1,6-13H2. The molecule has 0 N–H and O–H groups in total. The first-order chi connectivity index (χ1) is 10.7. The first-order valence-electron chi connectivity index (χ1n) is 8.75. The maximum absolute atomic E-state index is 13.9. The summed E-state index contributed by atoms with van der Waals surface area (Å²) >= 11 is 0. The molecular weight excluding hydrogens is 278 g/mol. The zero-order valence-corrected chi connectivity index (χ0v) is 13.2.